The molecule has 0 aromatic carbocycles. The largest absolute Gasteiger partial charge is 0.465 e. The molecule has 3 rings (SSSR count). The number of amides is 2. The fourth-order valence-corrected chi connectivity index (χ4v) is 6.25. The second-order valence-electron chi connectivity index (χ2n) is 8.23. The number of hydrogen-bond donors (Lipinski definition) is 1. The van der Waals surface area contributed by atoms with Gasteiger partial charge in [0.05, 0.1) is 23.3 Å². The molecule has 0 saturated carbocycles. The molecule has 0 bridgehead atoms. The van der Waals surface area contributed by atoms with Crippen molar-refractivity contribution in [1.82, 2.24) is 19.7 Å². The molecule has 0 fully saturated rings. The summed E-state index contributed by atoms with van der Waals surface area (Å²) in [7, 11) is 4.53. The Bertz CT molecular complexity index is 1240. The quantitative estimate of drug-likeness (QED) is 0.312. The molecule has 2 amide bonds. The number of aromatic nitrogens is 3. The molecular weight excluding hydrogens is 506 g/mol. The maximum atomic E-state index is 12.8. The van der Waals surface area contributed by atoms with Gasteiger partial charge in [0, 0.05) is 36.5 Å². The third-order valence-electron chi connectivity index (χ3n) is 5.20. The standard InChI is InChI=1S/C23H29N5O4S3/c1-8-28-19(14-9-15(12(2)3)33-10-14)25-26-23(28)34-11-16(29)24-20-17(22(31)32-7)13(4)18(35-20)21(30)27(5)6/h9-10,12H,8,11H2,1-7H3,(H,24,29). The van der Waals surface area contributed by atoms with Crippen LogP contribution in [0.25, 0.3) is 11.4 Å². The van der Waals surface area contributed by atoms with E-state index in [4.69, 9.17) is 4.74 Å². The van der Waals surface area contributed by atoms with Crippen LogP contribution < -0.4 is 5.32 Å². The zero-order chi connectivity index (χ0) is 25.9. The van der Waals surface area contributed by atoms with Gasteiger partial charge in [0.1, 0.15) is 5.00 Å². The van der Waals surface area contributed by atoms with Gasteiger partial charge in [-0.3, -0.25) is 9.59 Å². The van der Waals surface area contributed by atoms with Crippen molar-refractivity contribution < 1.29 is 19.1 Å². The van der Waals surface area contributed by atoms with Crippen LogP contribution in [0.1, 0.15) is 57.2 Å². The first-order valence-corrected chi connectivity index (χ1v) is 13.6. The smallest absolute Gasteiger partial charge is 0.341 e. The van der Waals surface area contributed by atoms with Crippen molar-refractivity contribution in [1.29, 1.82) is 0 Å². The summed E-state index contributed by atoms with van der Waals surface area (Å²) in [6.07, 6.45) is 0. The van der Waals surface area contributed by atoms with E-state index in [1.807, 2.05) is 11.5 Å². The van der Waals surface area contributed by atoms with E-state index < -0.39 is 5.97 Å². The molecule has 3 aromatic rings. The summed E-state index contributed by atoms with van der Waals surface area (Å²) in [6.45, 7) is 8.64. The monoisotopic (exact) mass is 535 g/mol. The molecular formula is C23H29N5O4S3. The minimum absolute atomic E-state index is 0.0630. The van der Waals surface area contributed by atoms with Gasteiger partial charge in [-0.05, 0) is 31.4 Å². The summed E-state index contributed by atoms with van der Waals surface area (Å²) >= 11 is 4.03. The van der Waals surface area contributed by atoms with Gasteiger partial charge in [-0.15, -0.1) is 32.9 Å². The summed E-state index contributed by atoms with van der Waals surface area (Å²) in [5, 5.41) is 14.4. The lowest BCUT2D eigenvalue weighted by Crippen LogP contribution is -2.21. The Morgan fingerprint density at radius 1 is 1.26 bits per heavy atom. The molecule has 0 spiro atoms. The van der Waals surface area contributed by atoms with E-state index in [1.165, 1.54) is 28.6 Å². The van der Waals surface area contributed by atoms with Gasteiger partial charge in [-0.2, -0.15) is 0 Å². The van der Waals surface area contributed by atoms with E-state index >= 15 is 0 Å². The molecule has 0 saturated heterocycles. The Labute approximate surface area is 216 Å². The van der Waals surface area contributed by atoms with Crippen molar-refractivity contribution >= 4 is 57.2 Å². The molecule has 3 aromatic heterocycles. The fourth-order valence-electron chi connectivity index (χ4n) is 3.32. The predicted octanol–water partition coefficient (Wildman–Crippen LogP) is 4.74. The first-order valence-electron chi connectivity index (χ1n) is 11.0. The molecule has 0 unspecified atom stereocenters. The van der Waals surface area contributed by atoms with Crippen LogP contribution in [0, 0.1) is 6.92 Å². The minimum atomic E-state index is -0.605. The van der Waals surface area contributed by atoms with Crippen LogP contribution in [-0.2, 0) is 16.1 Å². The molecule has 0 aliphatic rings. The summed E-state index contributed by atoms with van der Waals surface area (Å²) < 4.78 is 6.86. The lowest BCUT2D eigenvalue weighted by atomic mass is 10.1. The molecule has 12 heteroatoms. The highest BCUT2D eigenvalue weighted by atomic mass is 32.2. The number of esters is 1. The number of thioether (sulfide) groups is 1. The third kappa shape index (κ3) is 5.76. The lowest BCUT2D eigenvalue weighted by Gasteiger charge is -2.08. The van der Waals surface area contributed by atoms with Crippen molar-refractivity contribution in [3.8, 4) is 11.4 Å². The molecule has 9 nitrogen and oxygen atoms in total. The number of ether oxygens (including phenoxy) is 1. The topological polar surface area (TPSA) is 106 Å². The molecule has 35 heavy (non-hydrogen) atoms. The van der Waals surface area contributed by atoms with Gasteiger partial charge in [-0.25, -0.2) is 4.79 Å². The van der Waals surface area contributed by atoms with Gasteiger partial charge in [0.15, 0.2) is 11.0 Å². The first-order chi connectivity index (χ1) is 16.6. The number of rotatable bonds is 9. The lowest BCUT2D eigenvalue weighted by molar-refractivity contribution is -0.113. The average Bonchev–Trinajstić information content (AvgIpc) is 3.53. The third-order valence-corrected chi connectivity index (χ3v) is 8.60. The van der Waals surface area contributed by atoms with E-state index in [1.54, 1.807) is 32.4 Å². The van der Waals surface area contributed by atoms with Crippen molar-refractivity contribution in [2.45, 2.75) is 45.3 Å². The number of anilines is 1. The number of carbonyl (C=O) groups excluding carboxylic acids is 3. The van der Waals surface area contributed by atoms with Gasteiger partial charge in [0.2, 0.25) is 5.91 Å². The Morgan fingerprint density at radius 3 is 2.54 bits per heavy atom. The number of carbonyl (C=O) groups is 3. The number of thiophene rings is 2. The highest BCUT2D eigenvalue weighted by Crippen LogP contribution is 2.35. The normalized spacial score (nSPS) is 11.1. The second kappa shape index (κ2) is 11.4. The van der Waals surface area contributed by atoms with Crippen molar-refractivity contribution in [3.05, 3.63) is 32.3 Å². The Balaban J connectivity index is 1.77. The van der Waals surface area contributed by atoms with E-state index in [2.05, 4.69) is 40.8 Å². The van der Waals surface area contributed by atoms with E-state index in [0.717, 1.165) is 22.7 Å². The molecule has 188 valence electrons. The second-order valence-corrected chi connectivity index (χ2v) is 11.1. The van der Waals surface area contributed by atoms with Crippen LogP contribution >= 0.6 is 34.4 Å². The number of methoxy groups -OCH3 is 1. The molecule has 3 heterocycles. The summed E-state index contributed by atoms with van der Waals surface area (Å²) in [5.74, 6) is 0.0978. The van der Waals surface area contributed by atoms with Crippen LogP contribution in [0.15, 0.2) is 16.6 Å². The molecule has 0 aliphatic carbocycles. The fraction of sp³-hybridized carbons (Fsp3) is 0.435. The number of nitrogens with zero attached hydrogens (tertiary/aromatic N) is 4. The van der Waals surface area contributed by atoms with Gasteiger partial charge in [-0.1, -0.05) is 25.6 Å². The predicted molar refractivity (Wildman–Crippen MR) is 141 cm³/mol. The maximum Gasteiger partial charge on any atom is 0.341 e. The van der Waals surface area contributed by atoms with Crippen molar-refractivity contribution in [3.63, 3.8) is 0 Å². The minimum Gasteiger partial charge on any atom is -0.465 e. The molecule has 0 radical (unpaired) electrons. The van der Waals surface area contributed by atoms with Crippen LogP contribution in [0.2, 0.25) is 0 Å². The van der Waals surface area contributed by atoms with Gasteiger partial charge >= 0.3 is 5.97 Å². The average molecular weight is 536 g/mol. The van der Waals surface area contributed by atoms with E-state index in [-0.39, 0.29) is 23.1 Å². The Kier molecular flexibility index (Phi) is 8.73. The zero-order valence-electron chi connectivity index (χ0n) is 20.8. The van der Waals surface area contributed by atoms with Crippen LogP contribution in [-0.4, -0.2) is 64.4 Å². The Hall–Kier alpha value is -2.70. The SMILES string of the molecule is CCn1c(SCC(=O)Nc2sc(C(=O)N(C)C)c(C)c2C(=O)OC)nnc1-c1csc(C(C)C)c1. The summed E-state index contributed by atoms with van der Waals surface area (Å²) in [6, 6.07) is 2.13. The molecule has 0 aliphatic heterocycles. The Morgan fingerprint density at radius 2 is 1.97 bits per heavy atom. The molecule has 1 N–H and O–H groups in total. The van der Waals surface area contributed by atoms with E-state index in [9.17, 15) is 14.4 Å². The van der Waals surface area contributed by atoms with Gasteiger partial charge in [0.25, 0.3) is 5.91 Å². The first kappa shape index (κ1) is 26.9. The van der Waals surface area contributed by atoms with Crippen molar-refractivity contribution in [2.75, 3.05) is 32.3 Å². The highest BCUT2D eigenvalue weighted by Gasteiger charge is 2.27. The maximum absolute atomic E-state index is 12.8. The van der Waals surface area contributed by atoms with Crippen LogP contribution in [0.3, 0.4) is 0 Å². The van der Waals surface area contributed by atoms with E-state index in [0.29, 0.717) is 33.1 Å². The van der Waals surface area contributed by atoms with Crippen molar-refractivity contribution in [2.24, 2.45) is 0 Å². The summed E-state index contributed by atoms with van der Waals surface area (Å²) in [5.41, 5.74) is 1.69. The number of nitrogens with one attached hydrogen (secondary N) is 1. The zero-order valence-corrected chi connectivity index (χ0v) is 23.2. The highest BCUT2D eigenvalue weighted by molar-refractivity contribution is 7.99. The van der Waals surface area contributed by atoms with Gasteiger partial charge < -0.3 is 19.5 Å². The molecule has 0 atom stereocenters. The summed E-state index contributed by atoms with van der Waals surface area (Å²) in [4.78, 5) is 40.8. The number of hydrogen-bond acceptors (Lipinski definition) is 9. The van der Waals surface area contributed by atoms with Crippen LogP contribution in [0.5, 0.6) is 0 Å². The van der Waals surface area contributed by atoms with Crippen LogP contribution in [0.4, 0.5) is 5.00 Å².